The van der Waals surface area contributed by atoms with Gasteiger partial charge in [-0.05, 0) is 138 Å². The molecule has 1 heterocycles. The van der Waals surface area contributed by atoms with Gasteiger partial charge in [-0.1, -0.05) is 199 Å². The highest BCUT2D eigenvalue weighted by molar-refractivity contribution is 5.86. The highest BCUT2D eigenvalue weighted by atomic mass is 15.3. The third kappa shape index (κ3) is 8.77. The first kappa shape index (κ1) is 43.7. The summed E-state index contributed by atoms with van der Waals surface area (Å²) in [7, 11) is 0. The van der Waals surface area contributed by atoms with Crippen LogP contribution in [0.15, 0.2) is 212 Å². The summed E-state index contributed by atoms with van der Waals surface area (Å²) in [6.07, 6.45) is 0. The maximum atomic E-state index is 5.42. The Morgan fingerprint density at radius 1 is 0.324 bits per heavy atom. The lowest BCUT2D eigenvalue weighted by Gasteiger charge is -2.28. The monoisotopic (exact) mass is 878 g/mol. The van der Waals surface area contributed by atoms with Crippen molar-refractivity contribution in [1.29, 1.82) is 0 Å². The zero-order chi connectivity index (χ0) is 46.7. The van der Waals surface area contributed by atoms with Gasteiger partial charge >= 0.3 is 0 Å². The van der Waals surface area contributed by atoms with Crippen molar-refractivity contribution in [2.45, 2.75) is 47.5 Å². The van der Waals surface area contributed by atoms with Crippen molar-refractivity contribution in [3.05, 3.63) is 262 Å². The Morgan fingerprint density at radius 2 is 0.676 bits per heavy atom. The molecular formula is C64H54N4. The molecule has 0 amide bonds. The minimum absolute atomic E-state index is 0.0330. The second-order valence-corrected chi connectivity index (χ2v) is 18.0. The molecule has 4 nitrogen and oxygen atoms in total. The number of anilines is 3. The Bertz CT molecular complexity index is 3280. The van der Waals surface area contributed by atoms with Crippen LogP contribution in [0.1, 0.15) is 56.0 Å². The maximum absolute atomic E-state index is 5.42. The van der Waals surface area contributed by atoms with Crippen molar-refractivity contribution >= 4 is 17.3 Å². The third-order valence-electron chi connectivity index (χ3n) is 13.1. The number of nitrogens with zero attached hydrogens (tertiary/aromatic N) is 4. The molecule has 0 aliphatic carbocycles. The molecule has 0 aliphatic rings. The Labute approximate surface area is 401 Å². The number of benzene rings is 9. The van der Waals surface area contributed by atoms with Crippen molar-refractivity contribution in [2.24, 2.45) is 0 Å². The molecule has 4 heteroatoms. The summed E-state index contributed by atoms with van der Waals surface area (Å²) in [5.74, 6) is 1.75. The average molecular weight is 879 g/mol. The predicted molar refractivity (Wildman–Crippen MR) is 284 cm³/mol. The van der Waals surface area contributed by atoms with Crippen LogP contribution in [0.2, 0.25) is 0 Å². The first-order valence-corrected chi connectivity index (χ1v) is 23.5. The molecule has 0 saturated heterocycles. The van der Waals surface area contributed by atoms with Gasteiger partial charge in [-0.3, -0.25) is 4.90 Å². The summed E-state index contributed by atoms with van der Waals surface area (Å²) in [5.41, 5.74) is 22.2. The average Bonchev–Trinajstić information content (AvgIpc) is 3.36. The highest BCUT2D eigenvalue weighted by Gasteiger charge is 2.26. The van der Waals surface area contributed by atoms with E-state index in [0.29, 0.717) is 17.6 Å². The molecule has 0 unspecified atom stereocenters. The molecule has 330 valence electrons. The molecule has 1 aromatic heterocycles. The Morgan fingerprint density at radius 3 is 1.13 bits per heavy atom. The van der Waals surface area contributed by atoms with Crippen molar-refractivity contribution in [3.8, 4) is 56.2 Å². The van der Waals surface area contributed by atoms with Crippen LogP contribution < -0.4 is 4.90 Å². The number of rotatable bonds is 11. The van der Waals surface area contributed by atoms with Crippen molar-refractivity contribution in [1.82, 2.24) is 15.0 Å². The second-order valence-electron chi connectivity index (χ2n) is 18.0. The molecule has 0 bridgehead atoms. The lowest BCUT2D eigenvalue weighted by atomic mass is 9.77. The summed E-state index contributed by atoms with van der Waals surface area (Å²) in [6, 6.07) is 75.5. The van der Waals surface area contributed by atoms with E-state index >= 15 is 0 Å². The fraction of sp³-hybridized carbons (Fsp3) is 0.109. The minimum atomic E-state index is 0.0330. The van der Waals surface area contributed by atoms with Crippen molar-refractivity contribution in [3.63, 3.8) is 0 Å². The van der Waals surface area contributed by atoms with Gasteiger partial charge in [-0.2, -0.15) is 9.97 Å². The van der Waals surface area contributed by atoms with Crippen LogP contribution in [0.3, 0.4) is 0 Å². The molecule has 68 heavy (non-hydrogen) atoms. The van der Waals surface area contributed by atoms with Gasteiger partial charge in [-0.15, -0.1) is 0 Å². The number of hydrogen-bond donors (Lipinski definition) is 0. The van der Waals surface area contributed by atoms with Crippen LogP contribution in [0.5, 0.6) is 0 Å². The van der Waals surface area contributed by atoms with E-state index in [2.05, 4.69) is 234 Å². The fourth-order valence-corrected chi connectivity index (χ4v) is 10.2. The lowest BCUT2D eigenvalue weighted by molar-refractivity contribution is 0.919. The molecule has 0 spiro atoms. The summed E-state index contributed by atoms with van der Waals surface area (Å²) in [6.45, 7) is 13.4. The number of aromatic nitrogens is 3. The van der Waals surface area contributed by atoms with E-state index in [-0.39, 0.29) is 5.92 Å². The van der Waals surface area contributed by atoms with E-state index in [4.69, 9.17) is 15.0 Å². The molecule has 10 aromatic rings. The van der Waals surface area contributed by atoms with Crippen molar-refractivity contribution in [2.75, 3.05) is 4.90 Å². The van der Waals surface area contributed by atoms with Gasteiger partial charge in [0.05, 0.1) is 0 Å². The van der Waals surface area contributed by atoms with Gasteiger partial charge in [-0.25, -0.2) is 4.98 Å². The molecule has 0 atom stereocenters. The molecule has 9 aromatic carbocycles. The minimum Gasteiger partial charge on any atom is -0.279 e. The summed E-state index contributed by atoms with van der Waals surface area (Å²) < 4.78 is 0. The Hall–Kier alpha value is -8.21. The topological polar surface area (TPSA) is 41.9 Å². The molecule has 0 radical (unpaired) electrons. The van der Waals surface area contributed by atoms with E-state index < -0.39 is 0 Å². The van der Waals surface area contributed by atoms with Gasteiger partial charge < -0.3 is 0 Å². The fourth-order valence-electron chi connectivity index (χ4n) is 10.2. The standard InChI is InChI=1S/C64H54N4/c1-42-38-44(3)59(45(4)39-42)61(60-46(5)40-43(2)41-47(60)6)51-32-36-54(37-33-51)68(53-34-30-50(31-35-53)56-27-17-16-26-55(56)48-20-10-7-11-21-48)64-66-62(52-24-14-9-15-25-52)65-63(67-64)58-29-19-18-28-57(58)49-22-12-8-13-23-49/h7-41,61H,1-6H3. The Kier molecular flexibility index (Phi) is 12.2. The molecule has 0 saturated carbocycles. The van der Waals surface area contributed by atoms with Gasteiger partial charge in [0, 0.05) is 28.4 Å². The van der Waals surface area contributed by atoms with E-state index in [1.807, 2.05) is 24.3 Å². The van der Waals surface area contributed by atoms with Crippen molar-refractivity contribution < 1.29 is 0 Å². The normalized spacial score (nSPS) is 11.2. The molecule has 0 N–H and O–H groups in total. The Balaban J connectivity index is 1.17. The van der Waals surface area contributed by atoms with Crippen LogP contribution in [-0.2, 0) is 0 Å². The quantitative estimate of drug-likeness (QED) is 0.121. The largest absolute Gasteiger partial charge is 0.279 e. The van der Waals surface area contributed by atoms with Crippen LogP contribution >= 0.6 is 0 Å². The third-order valence-corrected chi connectivity index (χ3v) is 13.1. The molecular weight excluding hydrogens is 825 g/mol. The molecule has 0 fully saturated rings. The van der Waals surface area contributed by atoms with Crippen LogP contribution in [0, 0.1) is 41.5 Å². The zero-order valence-corrected chi connectivity index (χ0v) is 39.6. The SMILES string of the molecule is Cc1cc(C)c(C(c2ccc(N(c3ccc(-c4ccccc4-c4ccccc4)cc3)c3nc(-c4ccccc4)nc(-c4ccccc4-c4ccccc4)n3)cc2)c2c(C)cc(C)cc2C)c(C)c1. The summed E-state index contributed by atoms with van der Waals surface area (Å²) >= 11 is 0. The van der Waals surface area contributed by atoms with E-state index in [1.54, 1.807) is 0 Å². The van der Waals surface area contributed by atoms with E-state index in [0.717, 1.165) is 39.2 Å². The zero-order valence-electron chi connectivity index (χ0n) is 39.6. The van der Waals surface area contributed by atoms with Gasteiger partial charge in [0.25, 0.3) is 0 Å². The first-order valence-electron chi connectivity index (χ1n) is 23.5. The van der Waals surface area contributed by atoms with Gasteiger partial charge in [0.1, 0.15) is 0 Å². The molecule has 0 aliphatic heterocycles. The van der Waals surface area contributed by atoms with Crippen LogP contribution in [-0.4, -0.2) is 15.0 Å². The number of hydrogen-bond acceptors (Lipinski definition) is 4. The number of aryl methyl sites for hydroxylation is 6. The van der Waals surface area contributed by atoms with E-state index in [1.165, 1.54) is 66.8 Å². The smallest absolute Gasteiger partial charge is 0.238 e. The maximum Gasteiger partial charge on any atom is 0.238 e. The van der Waals surface area contributed by atoms with Gasteiger partial charge in [0.2, 0.25) is 5.95 Å². The summed E-state index contributed by atoms with van der Waals surface area (Å²) in [4.78, 5) is 18.2. The molecule has 10 rings (SSSR count). The second kappa shape index (κ2) is 18.9. The predicted octanol–water partition coefficient (Wildman–Crippen LogP) is 16.7. The first-order chi connectivity index (χ1) is 33.2. The van der Waals surface area contributed by atoms with Crippen LogP contribution in [0.25, 0.3) is 56.2 Å². The highest BCUT2D eigenvalue weighted by Crippen LogP contribution is 2.43. The van der Waals surface area contributed by atoms with E-state index in [9.17, 15) is 0 Å². The van der Waals surface area contributed by atoms with Gasteiger partial charge in [0.15, 0.2) is 11.6 Å². The lowest BCUT2D eigenvalue weighted by Crippen LogP contribution is -2.16. The summed E-state index contributed by atoms with van der Waals surface area (Å²) in [5, 5.41) is 0. The van der Waals surface area contributed by atoms with Crippen LogP contribution in [0.4, 0.5) is 17.3 Å².